The second-order valence-electron chi connectivity index (χ2n) is 6.69. The minimum atomic E-state index is 0.103. The van der Waals surface area contributed by atoms with Crippen LogP contribution >= 0.6 is 15.9 Å². The first kappa shape index (κ1) is 16.3. The van der Waals surface area contributed by atoms with Gasteiger partial charge < -0.3 is 9.88 Å². The highest BCUT2D eigenvalue weighted by Crippen LogP contribution is 2.29. The van der Waals surface area contributed by atoms with Gasteiger partial charge in [-0.15, -0.1) is 0 Å². The third kappa shape index (κ3) is 3.21. The highest BCUT2D eigenvalue weighted by atomic mass is 79.9. The van der Waals surface area contributed by atoms with E-state index in [2.05, 4.69) is 46.0 Å². The minimum absolute atomic E-state index is 0.103. The summed E-state index contributed by atoms with van der Waals surface area (Å²) in [5, 5.41) is 0. The molecule has 0 radical (unpaired) electrons. The van der Waals surface area contributed by atoms with Gasteiger partial charge in [-0.25, -0.2) is 4.98 Å². The summed E-state index contributed by atoms with van der Waals surface area (Å²) >= 11 is 3.47. The lowest BCUT2D eigenvalue weighted by atomic mass is 9.95. The van der Waals surface area contributed by atoms with Gasteiger partial charge in [0.25, 0.3) is 5.91 Å². The molecule has 4 rings (SSSR count). The van der Waals surface area contributed by atoms with Gasteiger partial charge in [0.15, 0.2) is 0 Å². The number of likely N-dealkylation sites (tertiary alicyclic amines) is 1. The van der Waals surface area contributed by atoms with Crippen molar-refractivity contribution in [3.05, 3.63) is 63.9 Å². The molecule has 1 aromatic heterocycles. The molecule has 4 nitrogen and oxygen atoms in total. The number of hydrogen-bond donors (Lipinski definition) is 1. The van der Waals surface area contributed by atoms with Crippen LogP contribution < -0.4 is 0 Å². The first-order chi connectivity index (χ1) is 12.1. The van der Waals surface area contributed by atoms with Gasteiger partial charge in [0, 0.05) is 23.5 Å². The van der Waals surface area contributed by atoms with Gasteiger partial charge in [-0.2, -0.15) is 0 Å². The van der Waals surface area contributed by atoms with Gasteiger partial charge in [-0.3, -0.25) is 4.79 Å². The highest BCUT2D eigenvalue weighted by Gasteiger charge is 2.27. The van der Waals surface area contributed by atoms with E-state index in [1.165, 1.54) is 5.56 Å². The van der Waals surface area contributed by atoms with E-state index in [9.17, 15) is 4.79 Å². The van der Waals surface area contributed by atoms with E-state index >= 15 is 0 Å². The number of H-pyrrole nitrogens is 1. The molecule has 128 valence electrons. The van der Waals surface area contributed by atoms with Crippen LogP contribution in [0.2, 0.25) is 0 Å². The van der Waals surface area contributed by atoms with Crippen molar-refractivity contribution in [3.8, 4) is 0 Å². The number of aromatic nitrogens is 2. The van der Waals surface area contributed by atoms with Crippen LogP contribution in [0.4, 0.5) is 0 Å². The topological polar surface area (TPSA) is 49.0 Å². The zero-order valence-electron chi connectivity index (χ0n) is 14.1. The Hall–Kier alpha value is -2.14. The number of piperidine rings is 1. The summed E-state index contributed by atoms with van der Waals surface area (Å²) in [6.45, 7) is 3.62. The smallest absolute Gasteiger partial charge is 0.254 e. The molecule has 2 heterocycles. The molecule has 25 heavy (non-hydrogen) atoms. The largest absolute Gasteiger partial charge is 0.342 e. The number of amides is 1. The summed E-state index contributed by atoms with van der Waals surface area (Å²) in [5.41, 5.74) is 4.09. The second kappa shape index (κ2) is 6.64. The third-order valence-corrected chi connectivity index (χ3v) is 5.62. The number of imidazole rings is 1. The standard InChI is InChI=1S/C20H20BrN3O/c1-13-6-7-17-18(12-13)23-19(22-17)14-8-10-24(11-9-14)20(25)15-4-2-3-5-16(15)21/h2-7,12,14H,8-11H2,1H3,(H,22,23). The number of nitrogens with zero attached hydrogens (tertiary/aromatic N) is 2. The van der Waals surface area contributed by atoms with Gasteiger partial charge in [-0.1, -0.05) is 18.2 Å². The lowest BCUT2D eigenvalue weighted by molar-refractivity contribution is 0.0710. The maximum atomic E-state index is 12.7. The van der Waals surface area contributed by atoms with E-state index in [-0.39, 0.29) is 5.91 Å². The van der Waals surface area contributed by atoms with Gasteiger partial charge in [0.05, 0.1) is 16.6 Å². The number of aryl methyl sites for hydroxylation is 1. The number of benzene rings is 2. The molecule has 1 N–H and O–H groups in total. The summed E-state index contributed by atoms with van der Waals surface area (Å²) in [6, 6.07) is 13.9. The molecule has 1 amide bonds. The van der Waals surface area contributed by atoms with E-state index in [4.69, 9.17) is 4.98 Å². The molecular formula is C20H20BrN3O. The lowest BCUT2D eigenvalue weighted by Gasteiger charge is -2.31. The number of carbonyl (C=O) groups excluding carboxylic acids is 1. The molecule has 5 heteroatoms. The summed E-state index contributed by atoms with van der Waals surface area (Å²) < 4.78 is 0.856. The fourth-order valence-electron chi connectivity index (χ4n) is 3.50. The van der Waals surface area contributed by atoms with E-state index in [1.807, 2.05) is 29.2 Å². The summed E-state index contributed by atoms with van der Waals surface area (Å²) in [7, 11) is 0. The number of aromatic amines is 1. The van der Waals surface area contributed by atoms with Gasteiger partial charge >= 0.3 is 0 Å². The predicted molar refractivity (Wildman–Crippen MR) is 103 cm³/mol. The fourth-order valence-corrected chi connectivity index (χ4v) is 3.95. The first-order valence-corrected chi connectivity index (χ1v) is 9.41. The van der Waals surface area contributed by atoms with Crippen LogP contribution in [0.25, 0.3) is 11.0 Å². The van der Waals surface area contributed by atoms with Gasteiger partial charge in [-0.05, 0) is 65.5 Å². The van der Waals surface area contributed by atoms with Crippen LogP contribution in [0, 0.1) is 6.92 Å². The Morgan fingerprint density at radius 1 is 1.20 bits per heavy atom. The Labute approximate surface area is 155 Å². The zero-order chi connectivity index (χ0) is 17.4. The Bertz CT molecular complexity index is 926. The molecule has 0 atom stereocenters. The molecule has 0 aliphatic carbocycles. The average Bonchev–Trinajstić information content (AvgIpc) is 3.05. The van der Waals surface area contributed by atoms with Crippen LogP contribution in [0.3, 0.4) is 0 Å². The molecule has 3 aromatic rings. The Morgan fingerprint density at radius 2 is 1.96 bits per heavy atom. The lowest BCUT2D eigenvalue weighted by Crippen LogP contribution is -2.38. The van der Waals surface area contributed by atoms with Crippen LogP contribution in [-0.2, 0) is 0 Å². The second-order valence-corrected chi connectivity index (χ2v) is 7.54. The fraction of sp³-hybridized carbons (Fsp3) is 0.300. The van der Waals surface area contributed by atoms with E-state index in [1.54, 1.807) is 0 Å². The van der Waals surface area contributed by atoms with Gasteiger partial charge in [0.2, 0.25) is 0 Å². The maximum Gasteiger partial charge on any atom is 0.254 e. The number of rotatable bonds is 2. The van der Waals surface area contributed by atoms with E-state index < -0.39 is 0 Å². The first-order valence-electron chi connectivity index (χ1n) is 8.62. The van der Waals surface area contributed by atoms with Crippen molar-refractivity contribution >= 4 is 32.9 Å². The predicted octanol–water partition coefficient (Wildman–Crippen LogP) is 4.65. The quantitative estimate of drug-likeness (QED) is 0.683. The van der Waals surface area contributed by atoms with Gasteiger partial charge in [0.1, 0.15) is 5.82 Å². The van der Waals surface area contributed by atoms with Crippen LogP contribution in [0.1, 0.15) is 40.5 Å². The third-order valence-electron chi connectivity index (χ3n) is 4.93. The van der Waals surface area contributed by atoms with Crippen molar-refractivity contribution in [1.82, 2.24) is 14.9 Å². The van der Waals surface area contributed by atoms with Crippen LogP contribution in [0.15, 0.2) is 46.9 Å². The number of hydrogen-bond acceptors (Lipinski definition) is 2. The Kier molecular flexibility index (Phi) is 4.34. The van der Waals surface area contributed by atoms with Crippen molar-refractivity contribution in [2.24, 2.45) is 0 Å². The summed E-state index contributed by atoms with van der Waals surface area (Å²) in [4.78, 5) is 22.9. The molecule has 1 aliphatic heterocycles. The normalized spacial score (nSPS) is 15.7. The molecule has 1 aliphatic rings. The Morgan fingerprint density at radius 3 is 2.72 bits per heavy atom. The van der Waals surface area contributed by atoms with E-state index in [0.717, 1.165) is 52.8 Å². The molecule has 0 spiro atoms. The summed E-state index contributed by atoms with van der Waals surface area (Å²) in [5.74, 6) is 1.54. The van der Waals surface area contributed by atoms with E-state index in [0.29, 0.717) is 5.92 Å². The average molecular weight is 398 g/mol. The summed E-state index contributed by atoms with van der Waals surface area (Å²) in [6.07, 6.45) is 1.88. The maximum absolute atomic E-state index is 12.7. The minimum Gasteiger partial charge on any atom is -0.342 e. The Balaban J connectivity index is 1.47. The molecule has 2 aromatic carbocycles. The molecule has 0 unspecified atom stereocenters. The van der Waals surface area contributed by atoms with Crippen molar-refractivity contribution in [1.29, 1.82) is 0 Å². The van der Waals surface area contributed by atoms with Crippen LogP contribution in [-0.4, -0.2) is 33.9 Å². The van der Waals surface area contributed by atoms with Crippen molar-refractivity contribution in [3.63, 3.8) is 0 Å². The van der Waals surface area contributed by atoms with Crippen LogP contribution in [0.5, 0.6) is 0 Å². The molecule has 0 saturated carbocycles. The highest BCUT2D eigenvalue weighted by molar-refractivity contribution is 9.10. The van der Waals surface area contributed by atoms with Crippen molar-refractivity contribution in [2.75, 3.05) is 13.1 Å². The SMILES string of the molecule is Cc1ccc2nc(C3CCN(C(=O)c4ccccc4Br)CC3)[nH]c2c1. The molecular weight excluding hydrogens is 378 g/mol. The number of halogens is 1. The van der Waals surface area contributed by atoms with Crippen molar-refractivity contribution in [2.45, 2.75) is 25.7 Å². The zero-order valence-corrected chi connectivity index (χ0v) is 15.7. The molecule has 1 fully saturated rings. The number of fused-ring (bicyclic) bond motifs is 1. The number of nitrogens with one attached hydrogen (secondary N) is 1. The van der Waals surface area contributed by atoms with Crippen molar-refractivity contribution < 1.29 is 4.79 Å². The monoisotopic (exact) mass is 397 g/mol. The molecule has 1 saturated heterocycles. The molecule has 0 bridgehead atoms. The number of carbonyl (C=O) groups is 1.